The number of rotatable bonds is 6. The molecule has 2 aliphatic heterocycles. The first-order valence-electron chi connectivity index (χ1n) is 10.2. The summed E-state index contributed by atoms with van der Waals surface area (Å²) in [6, 6.07) is 12.3. The molecule has 2 aromatic rings. The molecule has 1 atom stereocenters. The number of nitrogens with zero attached hydrogens (tertiary/aromatic N) is 2. The zero-order valence-electron chi connectivity index (χ0n) is 16.5. The van der Waals surface area contributed by atoms with E-state index in [1.54, 1.807) is 29.2 Å². The summed E-state index contributed by atoms with van der Waals surface area (Å²) in [6.45, 7) is 2.39. The zero-order chi connectivity index (χ0) is 21.3. The Morgan fingerprint density at radius 3 is 2.60 bits per heavy atom. The van der Waals surface area contributed by atoms with Crippen LogP contribution < -0.4 is 9.80 Å². The Kier molecular flexibility index (Phi) is 5.36. The molecule has 0 spiro atoms. The van der Waals surface area contributed by atoms with Gasteiger partial charge in [0.1, 0.15) is 0 Å². The predicted octanol–water partition coefficient (Wildman–Crippen LogP) is 1.43. The molecule has 156 valence electrons. The first-order chi connectivity index (χ1) is 14.4. The number of nitro groups is 1. The summed E-state index contributed by atoms with van der Waals surface area (Å²) < 4.78 is 0. The number of ketones is 1. The Morgan fingerprint density at radius 1 is 1.13 bits per heavy atom. The second-order valence-electron chi connectivity index (χ2n) is 7.99. The van der Waals surface area contributed by atoms with Crippen LogP contribution in [0.3, 0.4) is 0 Å². The summed E-state index contributed by atoms with van der Waals surface area (Å²) in [5.74, 6) is -1.03. The number of hydrogen-bond acceptors (Lipinski definition) is 5. The third kappa shape index (κ3) is 3.59. The third-order valence-corrected chi connectivity index (χ3v) is 5.98. The van der Waals surface area contributed by atoms with Crippen LogP contribution in [-0.4, -0.2) is 41.5 Å². The van der Waals surface area contributed by atoms with Crippen LogP contribution in [0, 0.1) is 10.1 Å². The number of nitrogens with one attached hydrogen (secondary N) is 1. The molecule has 0 aromatic heterocycles. The number of anilines is 1. The fourth-order valence-electron chi connectivity index (χ4n) is 4.40. The van der Waals surface area contributed by atoms with E-state index in [1.807, 2.05) is 0 Å². The number of nitro benzene ring substituents is 1. The van der Waals surface area contributed by atoms with Crippen molar-refractivity contribution in [2.45, 2.75) is 31.3 Å². The lowest BCUT2D eigenvalue weighted by Gasteiger charge is -2.29. The van der Waals surface area contributed by atoms with Gasteiger partial charge in [-0.1, -0.05) is 30.3 Å². The van der Waals surface area contributed by atoms with Gasteiger partial charge in [0.05, 0.1) is 30.1 Å². The van der Waals surface area contributed by atoms with E-state index in [1.165, 1.54) is 35.6 Å². The molecule has 8 heteroatoms. The van der Waals surface area contributed by atoms with E-state index in [0.717, 1.165) is 25.9 Å². The SMILES string of the molecule is O=C(C[C@]1(O)C(=O)N(C[NH+]2CCCCC2)c2ccccc21)c1cccc([N+](=O)[O-])c1. The second kappa shape index (κ2) is 7.97. The van der Waals surface area contributed by atoms with Gasteiger partial charge in [0.2, 0.25) is 0 Å². The van der Waals surface area contributed by atoms with Gasteiger partial charge in [-0.25, -0.2) is 0 Å². The standard InChI is InChI=1S/C22H23N3O5/c26-20(16-7-6-8-17(13-16)25(29)30)14-22(28)18-9-2-3-10-19(18)24(21(22)27)15-23-11-4-1-5-12-23/h2-3,6-10,13,28H,1,4-5,11-12,14-15H2/p+1/t22-/m1/s1. The number of fused-ring (bicyclic) bond motifs is 1. The first-order valence-corrected chi connectivity index (χ1v) is 10.2. The van der Waals surface area contributed by atoms with E-state index >= 15 is 0 Å². The predicted molar refractivity (Wildman–Crippen MR) is 109 cm³/mol. The zero-order valence-corrected chi connectivity index (χ0v) is 16.5. The molecule has 2 aliphatic rings. The number of likely N-dealkylation sites (tertiary alicyclic amines) is 1. The van der Waals surface area contributed by atoms with Crippen molar-refractivity contribution in [2.24, 2.45) is 0 Å². The van der Waals surface area contributed by atoms with E-state index in [9.17, 15) is 24.8 Å². The Bertz CT molecular complexity index is 1000. The van der Waals surface area contributed by atoms with Crippen LogP contribution >= 0.6 is 0 Å². The van der Waals surface area contributed by atoms with E-state index in [0.29, 0.717) is 17.9 Å². The van der Waals surface area contributed by atoms with Crippen molar-refractivity contribution in [1.29, 1.82) is 0 Å². The highest BCUT2D eigenvalue weighted by Crippen LogP contribution is 2.42. The maximum absolute atomic E-state index is 13.3. The van der Waals surface area contributed by atoms with Gasteiger partial charge in [-0.15, -0.1) is 0 Å². The Morgan fingerprint density at radius 2 is 1.87 bits per heavy atom. The lowest BCUT2D eigenvalue weighted by molar-refractivity contribution is -0.903. The summed E-state index contributed by atoms with van der Waals surface area (Å²) in [7, 11) is 0. The molecule has 4 rings (SSSR count). The Balaban J connectivity index is 1.62. The molecule has 0 saturated carbocycles. The number of quaternary nitrogens is 1. The number of carbonyl (C=O) groups excluding carboxylic acids is 2. The van der Waals surface area contributed by atoms with E-state index in [4.69, 9.17) is 0 Å². The molecule has 30 heavy (non-hydrogen) atoms. The van der Waals surface area contributed by atoms with Crippen LogP contribution in [0.25, 0.3) is 0 Å². The Labute approximate surface area is 173 Å². The summed E-state index contributed by atoms with van der Waals surface area (Å²) >= 11 is 0. The molecule has 2 N–H and O–H groups in total. The molecule has 0 bridgehead atoms. The van der Waals surface area contributed by atoms with Gasteiger partial charge in [-0.3, -0.25) is 24.6 Å². The van der Waals surface area contributed by atoms with Crippen molar-refractivity contribution in [3.05, 3.63) is 69.8 Å². The number of aliphatic hydroxyl groups is 1. The molecule has 2 aromatic carbocycles. The topological polar surface area (TPSA) is 105 Å². The maximum Gasteiger partial charge on any atom is 0.270 e. The molecular formula is C22H24N3O5+. The fraction of sp³-hybridized carbons (Fsp3) is 0.364. The van der Waals surface area contributed by atoms with Crippen molar-refractivity contribution in [2.75, 3.05) is 24.7 Å². The van der Waals surface area contributed by atoms with Crippen LogP contribution in [0.15, 0.2) is 48.5 Å². The van der Waals surface area contributed by atoms with E-state index < -0.39 is 28.6 Å². The monoisotopic (exact) mass is 410 g/mol. The van der Waals surface area contributed by atoms with Crippen LogP contribution in [0.4, 0.5) is 11.4 Å². The number of amides is 1. The third-order valence-electron chi connectivity index (χ3n) is 5.98. The quantitative estimate of drug-likeness (QED) is 0.426. The van der Waals surface area contributed by atoms with Gasteiger partial charge in [0.25, 0.3) is 11.6 Å². The Hall–Kier alpha value is -3.10. The van der Waals surface area contributed by atoms with Crippen molar-refractivity contribution < 1.29 is 24.5 Å². The van der Waals surface area contributed by atoms with Gasteiger partial charge >= 0.3 is 0 Å². The lowest BCUT2D eigenvalue weighted by atomic mass is 9.88. The normalized spacial score (nSPS) is 21.5. The number of piperidine rings is 1. The summed E-state index contributed by atoms with van der Waals surface area (Å²) in [6.07, 6.45) is 2.94. The summed E-state index contributed by atoms with van der Waals surface area (Å²) in [5.41, 5.74) is -1.06. The van der Waals surface area contributed by atoms with Crippen LogP contribution in [0.1, 0.15) is 41.6 Å². The number of benzene rings is 2. The van der Waals surface area contributed by atoms with Gasteiger partial charge in [-0.05, 0) is 25.3 Å². The van der Waals surface area contributed by atoms with Crippen molar-refractivity contribution in [3.63, 3.8) is 0 Å². The molecule has 0 aliphatic carbocycles. The largest absolute Gasteiger partial charge is 0.375 e. The molecule has 2 heterocycles. The smallest absolute Gasteiger partial charge is 0.270 e. The maximum atomic E-state index is 13.3. The second-order valence-corrected chi connectivity index (χ2v) is 7.99. The minimum atomic E-state index is -1.98. The number of para-hydroxylation sites is 1. The highest BCUT2D eigenvalue weighted by atomic mass is 16.6. The molecule has 8 nitrogen and oxygen atoms in total. The van der Waals surface area contributed by atoms with E-state index in [-0.39, 0.29) is 11.3 Å². The molecule has 1 amide bonds. The van der Waals surface area contributed by atoms with E-state index in [2.05, 4.69) is 0 Å². The van der Waals surface area contributed by atoms with Gasteiger partial charge < -0.3 is 10.0 Å². The lowest BCUT2D eigenvalue weighted by Crippen LogP contribution is -3.14. The van der Waals surface area contributed by atoms with Gasteiger partial charge in [0.15, 0.2) is 18.1 Å². The number of Topliss-reactive ketones (excluding diaryl/α,β-unsaturated/α-hetero) is 1. The van der Waals surface area contributed by atoms with Crippen LogP contribution in [-0.2, 0) is 10.4 Å². The minimum Gasteiger partial charge on any atom is -0.375 e. The van der Waals surface area contributed by atoms with Crippen LogP contribution in [0.2, 0.25) is 0 Å². The van der Waals surface area contributed by atoms with Crippen molar-refractivity contribution >= 4 is 23.1 Å². The molecular weight excluding hydrogens is 386 g/mol. The average Bonchev–Trinajstić information content (AvgIpc) is 2.96. The minimum absolute atomic E-state index is 0.100. The number of hydrogen-bond donors (Lipinski definition) is 2. The molecule has 0 radical (unpaired) electrons. The van der Waals surface area contributed by atoms with Crippen molar-refractivity contribution in [1.82, 2.24) is 0 Å². The highest BCUT2D eigenvalue weighted by Gasteiger charge is 2.51. The van der Waals surface area contributed by atoms with Crippen LogP contribution in [0.5, 0.6) is 0 Å². The first kappa shape index (κ1) is 20.2. The molecule has 1 saturated heterocycles. The summed E-state index contributed by atoms with van der Waals surface area (Å²) in [4.78, 5) is 39.5. The fourth-order valence-corrected chi connectivity index (χ4v) is 4.40. The van der Waals surface area contributed by atoms with Gasteiger partial charge in [0, 0.05) is 23.3 Å². The molecule has 1 fully saturated rings. The number of carbonyl (C=O) groups is 2. The number of non-ortho nitro benzene ring substituents is 1. The van der Waals surface area contributed by atoms with Crippen molar-refractivity contribution in [3.8, 4) is 0 Å². The summed E-state index contributed by atoms with van der Waals surface area (Å²) in [5, 5.41) is 22.4. The molecule has 0 unspecified atom stereocenters. The highest BCUT2D eigenvalue weighted by molar-refractivity contribution is 6.10. The van der Waals surface area contributed by atoms with Gasteiger partial charge in [-0.2, -0.15) is 0 Å². The average molecular weight is 410 g/mol.